The van der Waals surface area contributed by atoms with E-state index in [9.17, 15) is 13.5 Å². The Bertz CT molecular complexity index is 1070. The van der Waals surface area contributed by atoms with Crippen molar-refractivity contribution in [3.63, 3.8) is 0 Å². The predicted octanol–water partition coefficient (Wildman–Crippen LogP) is 4.77. The van der Waals surface area contributed by atoms with Crippen LogP contribution in [0.25, 0.3) is 0 Å². The second kappa shape index (κ2) is 8.12. The summed E-state index contributed by atoms with van der Waals surface area (Å²) in [7, 11) is -2.40. The first kappa shape index (κ1) is 20.0. The van der Waals surface area contributed by atoms with Crippen LogP contribution in [0.15, 0.2) is 70.5 Å². The highest BCUT2D eigenvalue weighted by Crippen LogP contribution is 2.35. The lowest BCUT2D eigenvalue weighted by Gasteiger charge is -2.13. The van der Waals surface area contributed by atoms with Crippen LogP contribution in [0.2, 0.25) is 5.02 Å². The highest BCUT2D eigenvalue weighted by molar-refractivity contribution is 7.91. The van der Waals surface area contributed by atoms with E-state index in [0.29, 0.717) is 23.7 Å². The minimum absolute atomic E-state index is 0.00666. The van der Waals surface area contributed by atoms with Gasteiger partial charge < -0.3 is 14.6 Å². The van der Waals surface area contributed by atoms with E-state index in [2.05, 4.69) is 0 Å². The molecule has 0 amide bonds. The smallest absolute Gasteiger partial charge is 0.206 e. The zero-order chi connectivity index (χ0) is 20.3. The first-order valence-electron chi connectivity index (χ1n) is 8.42. The van der Waals surface area contributed by atoms with Gasteiger partial charge in [-0.15, -0.1) is 0 Å². The van der Waals surface area contributed by atoms with Crippen molar-refractivity contribution in [3.05, 3.63) is 76.8 Å². The standard InChI is InChI=1S/C21H19ClO5S/c1-14-10-17(11-18(22)21(14)23)28(24,25)16-8-9-19(20(12-16)26-2)27-13-15-6-4-3-5-7-15/h3-12,23H,13H2,1-2H3. The van der Waals surface area contributed by atoms with Gasteiger partial charge in [-0.2, -0.15) is 0 Å². The molecule has 146 valence electrons. The molecular weight excluding hydrogens is 400 g/mol. The normalized spacial score (nSPS) is 11.2. The topological polar surface area (TPSA) is 72.8 Å². The molecule has 0 saturated heterocycles. The highest BCUT2D eigenvalue weighted by Gasteiger charge is 2.22. The van der Waals surface area contributed by atoms with E-state index < -0.39 is 9.84 Å². The molecule has 3 aromatic rings. The van der Waals surface area contributed by atoms with Crippen LogP contribution in [-0.4, -0.2) is 20.6 Å². The third kappa shape index (κ3) is 4.08. The summed E-state index contributed by atoms with van der Waals surface area (Å²) in [6.45, 7) is 1.91. The number of halogens is 1. The quantitative estimate of drug-likeness (QED) is 0.624. The van der Waals surface area contributed by atoms with Gasteiger partial charge in [-0.05, 0) is 42.3 Å². The summed E-state index contributed by atoms with van der Waals surface area (Å²) in [6.07, 6.45) is 0. The summed E-state index contributed by atoms with van der Waals surface area (Å²) in [4.78, 5) is 0.0328. The minimum atomic E-state index is -3.85. The Kier molecular flexibility index (Phi) is 5.82. The number of aryl methyl sites for hydroxylation is 1. The maximum Gasteiger partial charge on any atom is 0.206 e. The molecule has 0 radical (unpaired) electrons. The summed E-state index contributed by atoms with van der Waals surface area (Å²) >= 11 is 5.94. The van der Waals surface area contributed by atoms with Gasteiger partial charge in [0.1, 0.15) is 12.4 Å². The van der Waals surface area contributed by atoms with Crippen LogP contribution < -0.4 is 9.47 Å². The van der Waals surface area contributed by atoms with E-state index in [4.69, 9.17) is 21.1 Å². The Morgan fingerprint density at radius 2 is 1.68 bits per heavy atom. The van der Waals surface area contributed by atoms with Crippen LogP contribution in [0, 0.1) is 6.92 Å². The number of hydrogen-bond donors (Lipinski definition) is 1. The maximum atomic E-state index is 13.0. The van der Waals surface area contributed by atoms with Crippen LogP contribution in [0.3, 0.4) is 0 Å². The number of methoxy groups -OCH3 is 1. The lowest BCUT2D eigenvalue weighted by Crippen LogP contribution is -2.04. The molecule has 0 aliphatic rings. The molecule has 0 aliphatic carbocycles. The summed E-state index contributed by atoms with van der Waals surface area (Å²) in [5.74, 6) is 0.603. The summed E-state index contributed by atoms with van der Waals surface area (Å²) < 4.78 is 37.0. The highest BCUT2D eigenvalue weighted by atomic mass is 35.5. The molecule has 1 N–H and O–H groups in total. The molecule has 0 atom stereocenters. The minimum Gasteiger partial charge on any atom is -0.506 e. The van der Waals surface area contributed by atoms with Crippen molar-refractivity contribution in [2.45, 2.75) is 23.3 Å². The Balaban J connectivity index is 1.92. The molecule has 5 nitrogen and oxygen atoms in total. The second-order valence-electron chi connectivity index (χ2n) is 6.16. The van der Waals surface area contributed by atoms with Crippen LogP contribution >= 0.6 is 11.6 Å². The van der Waals surface area contributed by atoms with E-state index in [1.807, 2.05) is 30.3 Å². The van der Waals surface area contributed by atoms with Crippen LogP contribution in [0.1, 0.15) is 11.1 Å². The molecule has 3 rings (SSSR count). The molecule has 28 heavy (non-hydrogen) atoms. The van der Waals surface area contributed by atoms with Crippen LogP contribution in [0.4, 0.5) is 0 Å². The van der Waals surface area contributed by atoms with Crippen molar-refractivity contribution in [3.8, 4) is 17.2 Å². The van der Waals surface area contributed by atoms with Gasteiger partial charge in [0, 0.05) is 6.07 Å². The van der Waals surface area contributed by atoms with Gasteiger partial charge in [-0.3, -0.25) is 0 Å². The fourth-order valence-electron chi connectivity index (χ4n) is 2.67. The monoisotopic (exact) mass is 418 g/mol. The number of sulfone groups is 1. The van der Waals surface area contributed by atoms with Crippen molar-refractivity contribution in [1.82, 2.24) is 0 Å². The van der Waals surface area contributed by atoms with Gasteiger partial charge in [0.2, 0.25) is 9.84 Å². The van der Waals surface area contributed by atoms with E-state index in [0.717, 1.165) is 5.56 Å². The average molecular weight is 419 g/mol. The first-order valence-corrected chi connectivity index (χ1v) is 10.3. The maximum absolute atomic E-state index is 13.0. The van der Waals surface area contributed by atoms with Gasteiger partial charge in [0.25, 0.3) is 0 Å². The predicted molar refractivity (Wildman–Crippen MR) is 107 cm³/mol. The molecule has 0 unspecified atom stereocenters. The van der Waals surface area contributed by atoms with Crippen molar-refractivity contribution >= 4 is 21.4 Å². The van der Waals surface area contributed by atoms with E-state index in [-0.39, 0.29) is 20.6 Å². The van der Waals surface area contributed by atoms with Gasteiger partial charge in [-0.1, -0.05) is 41.9 Å². The Morgan fingerprint density at radius 3 is 2.32 bits per heavy atom. The number of rotatable bonds is 6. The molecule has 0 aromatic heterocycles. The number of phenolic OH excluding ortho intramolecular Hbond substituents is 1. The zero-order valence-electron chi connectivity index (χ0n) is 15.3. The Hall–Kier alpha value is -2.70. The molecule has 3 aromatic carbocycles. The number of benzene rings is 3. The number of hydrogen-bond acceptors (Lipinski definition) is 5. The molecular formula is C21H19ClO5S. The summed E-state index contributed by atoms with van der Waals surface area (Å²) in [5, 5.41) is 9.76. The number of aromatic hydroxyl groups is 1. The van der Waals surface area contributed by atoms with Crippen LogP contribution in [0.5, 0.6) is 17.2 Å². The molecule has 0 aliphatic heterocycles. The lowest BCUT2D eigenvalue weighted by molar-refractivity contribution is 0.284. The summed E-state index contributed by atoms with van der Waals surface area (Å²) in [5.41, 5.74) is 1.36. The first-order chi connectivity index (χ1) is 13.3. The second-order valence-corrected chi connectivity index (χ2v) is 8.52. The third-order valence-corrected chi connectivity index (χ3v) is 6.24. The average Bonchev–Trinajstić information content (AvgIpc) is 2.70. The molecule has 0 spiro atoms. The van der Waals surface area contributed by atoms with Crippen molar-refractivity contribution in [1.29, 1.82) is 0 Å². The molecule has 7 heteroatoms. The molecule has 0 fully saturated rings. The fourth-order valence-corrected chi connectivity index (χ4v) is 4.38. The van der Waals surface area contributed by atoms with E-state index in [1.54, 1.807) is 13.0 Å². The van der Waals surface area contributed by atoms with E-state index >= 15 is 0 Å². The number of phenols is 1. The van der Waals surface area contributed by atoms with Crippen molar-refractivity contribution in [2.24, 2.45) is 0 Å². The number of ether oxygens (including phenoxy) is 2. The Morgan fingerprint density at radius 1 is 0.964 bits per heavy atom. The summed E-state index contributed by atoms with van der Waals surface area (Å²) in [6, 6.07) is 16.6. The van der Waals surface area contributed by atoms with E-state index in [1.165, 1.54) is 31.4 Å². The lowest BCUT2D eigenvalue weighted by atomic mass is 10.2. The fraction of sp³-hybridized carbons (Fsp3) is 0.143. The van der Waals surface area contributed by atoms with Crippen molar-refractivity contribution in [2.75, 3.05) is 7.11 Å². The largest absolute Gasteiger partial charge is 0.506 e. The van der Waals surface area contributed by atoms with Crippen molar-refractivity contribution < 1.29 is 23.0 Å². The van der Waals surface area contributed by atoms with Gasteiger partial charge in [0.05, 0.1) is 21.9 Å². The van der Waals surface area contributed by atoms with Crippen LogP contribution in [-0.2, 0) is 16.4 Å². The zero-order valence-corrected chi connectivity index (χ0v) is 16.9. The Labute approximate surface area is 169 Å². The molecule has 0 heterocycles. The van der Waals surface area contributed by atoms with Gasteiger partial charge in [-0.25, -0.2) is 8.42 Å². The molecule has 0 saturated carbocycles. The third-order valence-electron chi connectivity index (χ3n) is 4.22. The van der Waals surface area contributed by atoms with Gasteiger partial charge >= 0.3 is 0 Å². The SMILES string of the molecule is COc1cc(S(=O)(=O)c2cc(C)c(O)c(Cl)c2)ccc1OCc1ccccc1. The van der Waals surface area contributed by atoms with Gasteiger partial charge in [0.15, 0.2) is 11.5 Å². The molecule has 0 bridgehead atoms.